The predicted octanol–water partition coefficient (Wildman–Crippen LogP) is 4.14. The van der Waals surface area contributed by atoms with Crippen LogP contribution in [-0.4, -0.2) is 24.4 Å². The van der Waals surface area contributed by atoms with Crippen molar-refractivity contribution >= 4 is 21.8 Å². The van der Waals surface area contributed by atoms with Crippen molar-refractivity contribution in [2.75, 3.05) is 13.6 Å². The van der Waals surface area contributed by atoms with E-state index in [4.69, 9.17) is 4.42 Å². The molecule has 0 saturated carbocycles. The van der Waals surface area contributed by atoms with E-state index >= 15 is 0 Å². The first-order valence-electron chi connectivity index (χ1n) is 6.71. The van der Waals surface area contributed by atoms with Crippen molar-refractivity contribution in [2.24, 2.45) is 0 Å². The fraction of sp³-hybridized carbons (Fsp3) is 0.312. The molecule has 20 heavy (non-hydrogen) atoms. The molecule has 0 saturated heterocycles. The Balaban J connectivity index is 1.74. The Hall–Kier alpha value is -1.55. The van der Waals surface area contributed by atoms with Crippen LogP contribution >= 0.6 is 15.9 Å². The van der Waals surface area contributed by atoms with Crippen molar-refractivity contribution < 1.29 is 9.21 Å². The summed E-state index contributed by atoms with van der Waals surface area (Å²) in [6.07, 6.45) is 4.64. The van der Waals surface area contributed by atoms with Crippen LogP contribution in [0.1, 0.15) is 28.8 Å². The lowest BCUT2D eigenvalue weighted by Crippen LogP contribution is -2.27. The van der Waals surface area contributed by atoms with Crippen molar-refractivity contribution in [3.63, 3.8) is 0 Å². The largest absolute Gasteiger partial charge is 0.457 e. The van der Waals surface area contributed by atoms with E-state index in [1.165, 1.54) is 11.8 Å². The van der Waals surface area contributed by atoms with E-state index in [0.29, 0.717) is 10.2 Å². The second kappa shape index (κ2) is 7.29. The molecular weight excluding hydrogens is 318 g/mol. The molecule has 0 fully saturated rings. The number of furan rings is 1. The normalized spacial score (nSPS) is 10.5. The third-order valence-electron chi connectivity index (χ3n) is 3.25. The fourth-order valence-electron chi connectivity index (χ4n) is 2.08. The van der Waals surface area contributed by atoms with Crippen LogP contribution in [0.3, 0.4) is 0 Å². The zero-order chi connectivity index (χ0) is 14.4. The standard InChI is InChI=1S/C16H18BrNO2/c1-18(16(19)14-10-12-20-15(14)17)11-6-5-9-13-7-3-2-4-8-13/h2-4,7-8,10,12H,5-6,9,11H2,1H3. The summed E-state index contributed by atoms with van der Waals surface area (Å²) in [6, 6.07) is 12.1. The molecule has 4 heteroatoms. The first-order chi connectivity index (χ1) is 9.68. The van der Waals surface area contributed by atoms with Crippen LogP contribution in [0.25, 0.3) is 0 Å². The molecule has 0 aliphatic carbocycles. The van der Waals surface area contributed by atoms with E-state index in [0.717, 1.165) is 25.8 Å². The van der Waals surface area contributed by atoms with Crippen molar-refractivity contribution in [1.82, 2.24) is 4.90 Å². The Morgan fingerprint density at radius 1 is 1.20 bits per heavy atom. The number of unbranched alkanes of at least 4 members (excludes halogenated alkanes) is 1. The highest BCUT2D eigenvalue weighted by molar-refractivity contribution is 9.10. The first kappa shape index (κ1) is 14.9. The minimum atomic E-state index is -0.00895. The summed E-state index contributed by atoms with van der Waals surface area (Å²) in [5.74, 6) is -0.00895. The van der Waals surface area contributed by atoms with Gasteiger partial charge in [-0.25, -0.2) is 0 Å². The van der Waals surface area contributed by atoms with Gasteiger partial charge in [0.15, 0.2) is 4.67 Å². The van der Waals surface area contributed by atoms with E-state index in [-0.39, 0.29) is 5.91 Å². The molecule has 106 valence electrons. The molecule has 0 spiro atoms. The second-order valence-corrected chi connectivity index (χ2v) is 5.50. The number of rotatable bonds is 6. The van der Waals surface area contributed by atoms with Crippen LogP contribution < -0.4 is 0 Å². The van der Waals surface area contributed by atoms with Gasteiger partial charge in [-0.05, 0) is 46.8 Å². The van der Waals surface area contributed by atoms with Gasteiger partial charge < -0.3 is 9.32 Å². The SMILES string of the molecule is CN(CCCCc1ccccc1)C(=O)c1ccoc1Br. The lowest BCUT2D eigenvalue weighted by molar-refractivity contribution is 0.0791. The molecule has 1 heterocycles. The quantitative estimate of drug-likeness (QED) is 0.743. The van der Waals surface area contributed by atoms with E-state index in [1.54, 1.807) is 11.0 Å². The van der Waals surface area contributed by atoms with Gasteiger partial charge in [0.1, 0.15) is 0 Å². The molecule has 1 aromatic carbocycles. The number of amides is 1. The van der Waals surface area contributed by atoms with E-state index in [9.17, 15) is 4.79 Å². The van der Waals surface area contributed by atoms with Crippen LogP contribution in [-0.2, 0) is 6.42 Å². The zero-order valence-electron chi connectivity index (χ0n) is 11.5. The van der Waals surface area contributed by atoms with E-state index < -0.39 is 0 Å². The minimum absolute atomic E-state index is 0.00895. The maximum absolute atomic E-state index is 12.1. The summed E-state index contributed by atoms with van der Waals surface area (Å²) in [5, 5.41) is 0. The zero-order valence-corrected chi connectivity index (χ0v) is 13.1. The average molecular weight is 336 g/mol. The van der Waals surface area contributed by atoms with Gasteiger partial charge in [0.05, 0.1) is 11.8 Å². The summed E-state index contributed by atoms with van der Waals surface area (Å²) < 4.78 is 5.59. The summed E-state index contributed by atoms with van der Waals surface area (Å²) >= 11 is 3.23. The molecule has 0 radical (unpaired) electrons. The molecule has 0 aliphatic heterocycles. The number of carbonyl (C=O) groups excluding carboxylic acids is 1. The average Bonchev–Trinajstić information content (AvgIpc) is 2.90. The Bertz CT molecular complexity index is 551. The van der Waals surface area contributed by atoms with Crippen molar-refractivity contribution in [3.8, 4) is 0 Å². The highest BCUT2D eigenvalue weighted by atomic mass is 79.9. The minimum Gasteiger partial charge on any atom is -0.457 e. The number of nitrogens with zero attached hydrogens (tertiary/aromatic N) is 1. The monoisotopic (exact) mass is 335 g/mol. The third-order valence-corrected chi connectivity index (χ3v) is 3.86. The molecule has 0 unspecified atom stereocenters. The van der Waals surface area contributed by atoms with E-state index in [2.05, 4.69) is 40.2 Å². The second-order valence-electron chi connectivity index (χ2n) is 4.78. The number of halogens is 1. The van der Waals surface area contributed by atoms with Gasteiger partial charge in [-0.3, -0.25) is 4.79 Å². The van der Waals surface area contributed by atoms with Gasteiger partial charge in [0.25, 0.3) is 5.91 Å². The van der Waals surface area contributed by atoms with Crippen molar-refractivity contribution in [2.45, 2.75) is 19.3 Å². The molecule has 2 rings (SSSR count). The number of carbonyl (C=O) groups is 1. The Morgan fingerprint density at radius 2 is 1.95 bits per heavy atom. The molecule has 0 N–H and O–H groups in total. The molecule has 1 amide bonds. The smallest absolute Gasteiger partial charge is 0.258 e. The summed E-state index contributed by atoms with van der Waals surface area (Å²) in [5.41, 5.74) is 1.93. The molecule has 3 nitrogen and oxygen atoms in total. The number of hydrogen-bond donors (Lipinski definition) is 0. The number of hydrogen-bond acceptors (Lipinski definition) is 2. The Labute approximate surface area is 127 Å². The lowest BCUT2D eigenvalue weighted by atomic mass is 10.1. The van der Waals surface area contributed by atoms with Gasteiger partial charge in [0.2, 0.25) is 0 Å². The topological polar surface area (TPSA) is 33.5 Å². The third kappa shape index (κ3) is 3.97. The Kier molecular flexibility index (Phi) is 5.41. The first-order valence-corrected chi connectivity index (χ1v) is 7.50. The molecule has 0 bridgehead atoms. The fourth-order valence-corrected chi connectivity index (χ4v) is 2.49. The highest BCUT2D eigenvalue weighted by Gasteiger charge is 2.16. The van der Waals surface area contributed by atoms with Gasteiger partial charge in [-0.2, -0.15) is 0 Å². The van der Waals surface area contributed by atoms with Crippen LogP contribution in [0, 0.1) is 0 Å². The number of benzene rings is 1. The molecule has 2 aromatic rings. The van der Waals surface area contributed by atoms with Crippen LogP contribution in [0.5, 0.6) is 0 Å². The van der Waals surface area contributed by atoms with Crippen LogP contribution in [0.15, 0.2) is 51.7 Å². The van der Waals surface area contributed by atoms with Gasteiger partial charge >= 0.3 is 0 Å². The van der Waals surface area contributed by atoms with Gasteiger partial charge in [-0.15, -0.1) is 0 Å². The highest BCUT2D eigenvalue weighted by Crippen LogP contribution is 2.19. The van der Waals surface area contributed by atoms with Crippen molar-refractivity contribution in [1.29, 1.82) is 0 Å². The molecular formula is C16H18BrNO2. The molecule has 0 atom stereocenters. The van der Waals surface area contributed by atoms with Crippen LogP contribution in [0.2, 0.25) is 0 Å². The van der Waals surface area contributed by atoms with Crippen LogP contribution in [0.4, 0.5) is 0 Å². The maximum atomic E-state index is 12.1. The lowest BCUT2D eigenvalue weighted by Gasteiger charge is -2.16. The summed E-state index contributed by atoms with van der Waals surface area (Å²) in [6.45, 7) is 0.753. The molecule has 1 aromatic heterocycles. The Morgan fingerprint density at radius 3 is 2.60 bits per heavy atom. The van der Waals surface area contributed by atoms with Gasteiger partial charge in [-0.1, -0.05) is 30.3 Å². The maximum Gasteiger partial charge on any atom is 0.258 e. The molecule has 0 aliphatic rings. The number of aryl methyl sites for hydroxylation is 1. The van der Waals surface area contributed by atoms with Gasteiger partial charge in [0, 0.05) is 13.6 Å². The predicted molar refractivity (Wildman–Crippen MR) is 82.7 cm³/mol. The summed E-state index contributed by atoms with van der Waals surface area (Å²) in [4.78, 5) is 13.9. The summed E-state index contributed by atoms with van der Waals surface area (Å²) in [7, 11) is 1.82. The van der Waals surface area contributed by atoms with E-state index in [1.807, 2.05) is 13.1 Å². The van der Waals surface area contributed by atoms with Crippen molar-refractivity contribution in [3.05, 3.63) is 58.5 Å².